The van der Waals surface area contributed by atoms with Crippen molar-refractivity contribution < 1.29 is 13.9 Å². The van der Waals surface area contributed by atoms with Crippen molar-refractivity contribution in [2.45, 2.75) is 20.5 Å². The molecule has 1 heterocycles. The first kappa shape index (κ1) is 15.1. The number of hydrogen-bond acceptors (Lipinski definition) is 5. The highest BCUT2D eigenvalue weighted by Crippen LogP contribution is 2.22. The standard InChI is InChI=1S/C18H18N2O3/c1-12-4-7-16(10-13(12)2)22-11-17-19-20-18(23-17)14-5-8-15(21-3)9-6-14/h4-10H,11H2,1-3H3. The van der Waals surface area contributed by atoms with Crippen LogP contribution in [0.5, 0.6) is 11.5 Å². The second kappa shape index (κ2) is 6.52. The Bertz CT molecular complexity index is 794. The summed E-state index contributed by atoms with van der Waals surface area (Å²) in [4.78, 5) is 0. The number of aryl methyl sites for hydroxylation is 2. The molecule has 3 rings (SSSR count). The number of benzene rings is 2. The van der Waals surface area contributed by atoms with Crippen LogP contribution in [0.4, 0.5) is 0 Å². The highest BCUT2D eigenvalue weighted by atomic mass is 16.5. The molecule has 0 amide bonds. The van der Waals surface area contributed by atoms with Crippen LogP contribution in [0, 0.1) is 13.8 Å². The zero-order valence-corrected chi connectivity index (χ0v) is 13.4. The van der Waals surface area contributed by atoms with Crippen LogP contribution in [0.2, 0.25) is 0 Å². The number of hydrogen-bond donors (Lipinski definition) is 0. The van der Waals surface area contributed by atoms with Crippen molar-refractivity contribution in [1.29, 1.82) is 0 Å². The third-order valence-corrected chi connectivity index (χ3v) is 3.64. The van der Waals surface area contributed by atoms with E-state index in [1.807, 2.05) is 42.5 Å². The largest absolute Gasteiger partial charge is 0.497 e. The van der Waals surface area contributed by atoms with Crippen molar-refractivity contribution in [3.05, 3.63) is 59.5 Å². The van der Waals surface area contributed by atoms with E-state index < -0.39 is 0 Å². The van der Waals surface area contributed by atoms with E-state index in [1.165, 1.54) is 11.1 Å². The molecule has 0 spiro atoms. The van der Waals surface area contributed by atoms with Crippen LogP contribution in [0.1, 0.15) is 17.0 Å². The second-order valence-electron chi connectivity index (χ2n) is 5.26. The number of nitrogens with zero attached hydrogens (tertiary/aromatic N) is 2. The van der Waals surface area contributed by atoms with Crippen molar-refractivity contribution in [1.82, 2.24) is 10.2 Å². The van der Waals surface area contributed by atoms with Crippen LogP contribution in [0.25, 0.3) is 11.5 Å². The molecule has 1 aromatic heterocycles. The average Bonchev–Trinajstić information content (AvgIpc) is 3.05. The fourth-order valence-electron chi connectivity index (χ4n) is 2.11. The van der Waals surface area contributed by atoms with Gasteiger partial charge in [-0.25, -0.2) is 0 Å². The van der Waals surface area contributed by atoms with Gasteiger partial charge in [0.25, 0.3) is 5.89 Å². The van der Waals surface area contributed by atoms with Crippen molar-refractivity contribution in [3.63, 3.8) is 0 Å². The SMILES string of the molecule is COc1ccc(-c2nnc(COc3ccc(C)c(C)c3)o2)cc1. The first-order chi connectivity index (χ1) is 11.2. The normalized spacial score (nSPS) is 10.6. The highest BCUT2D eigenvalue weighted by molar-refractivity contribution is 5.53. The van der Waals surface area contributed by atoms with Crippen LogP contribution in [0.15, 0.2) is 46.9 Å². The van der Waals surface area contributed by atoms with E-state index in [1.54, 1.807) is 7.11 Å². The molecular formula is C18H18N2O3. The van der Waals surface area contributed by atoms with Crippen LogP contribution in [-0.2, 0) is 6.61 Å². The molecule has 23 heavy (non-hydrogen) atoms. The van der Waals surface area contributed by atoms with Crippen molar-refractivity contribution in [3.8, 4) is 23.0 Å². The molecule has 0 aliphatic rings. The van der Waals surface area contributed by atoms with Gasteiger partial charge in [-0.15, -0.1) is 10.2 Å². The van der Waals surface area contributed by atoms with Crippen LogP contribution >= 0.6 is 0 Å². The summed E-state index contributed by atoms with van der Waals surface area (Å²) in [6.45, 7) is 4.36. The van der Waals surface area contributed by atoms with E-state index in [9.17, 15) is 0 Å². The fourth-order valence-corrected chi connectivity index (χ4v) is 2.11. The van der Waals surface area contributed by atoms with E-state index >= 15 is 0 Å². The third kappa shape index (κ3) is 3.51. The van der Waals surface area contributed by atoms with Gasteiger partial charge in [0.1, 0.15) is 11.5 Å². The molecule has 0 fully saturated rings. The molecule has 5 heteroatoms. The van der Waals surface area contributed by atoms with Gasteiger partial charge in [-0.3, -0.25) is 0 Å². The van der Waals surface area contributed by atoms with Gasteiger partial charge in [0.05, 0.1) is 7.11 Å². The Kier molecular flexibility index (Phi) is 4.28. The maximum absolute atomic E-state index is 5.70. The smallest absolute Gasteiger partial charge is 0.254 e. The summed E-state index contributed by atoms with van der Waals surface area (Å²) in [5, 5.41) is 8.07. The molecule has 5 nitrogen and oxygen atoms in total. The molecule has 118 valence electrons. The predicted molar refractivity (Wildman–Crippen MR) is 86.5 cm³/mol. The molecule has 0 saturated heterocycles. The van der Waals surface area contributed by atoms with Gasteiger partial charge in [-0.1, -0.05) is 6.07 Å². The first-order valence-electron chi connectivity index (χ1n) is 7.32. The lowest BCUT2D eigenvalue weighted by Gasteiger charge is -2.06. The summed E-state index contributed by atoms with van der Waals surface area (Å²) < 4.78 is 16.5. The molecule has 0 radical (unpaired) electrons. The Labute approximate surface area is 134 Å². The van der Waals surface area contributed by atoms with Gasteiger partial charge in [-0.05, 0) is 61.4 Å². The Morgan fingerprint density at radius 3 is 2.35 bits per heavy atom. The van der Waals surface area contributed by atoms with E-state index in [4.69, 9.17) is 13.9 Å². The number of aromatic nitrogens is 2. The Morgan fingerprint density at radius 1 is 0.913 bits per heavy atom. The molecule has 0 bridgehead atoms. The lowest BCUT2D eigenvalue weighted by atomic mass is 10.1. The van der Waals surface area contributed by atoms with E-state index in [0.717, 1.165) is 17.1 Å². The van der Waals surface area contributed by atoms with Gasteiger partial charge in [0.15, 0.2) is 6.61 Å². The monoisotopic (exact) mass is 310 g/mol. The Balaban J connectivity index is 1.67. The zero-order valence-electron chi connectivity index (χ0n) is 13.4. The molecule has 0 unspecified atom stereocenters. The Morgan fingerprint density at radius 2 is 1.65 bits per heavy atom. The molecule has 2 aromatic carbocycles. The molecule has 0 aliphatic heterocycles. The molecule has 0 atom stereocenters. The number of methoxy groups -OCH3 is 1. The fraction of sp³-hybridized carbons (Fsp3) is 0.222. The quantitative estimate of drug-likeness (QED) is 0.714. The van der Waals surface area contributed by atoms with Crippen LogP contribution in [0.3, 0.4) is 0 Å². The van der Waals surface area contributed by atoms with Crippen LogP contribution in [-0.4, -0.2) is 17.3 Å². The minimum atomic E-state index is 0.242. The predicted octanol–water partition coefficient (Wildman–Crippen LogP) is 3.94. The van der Waals surface area contributed by atoms with Gasteiger partial charge < -0.3 is 13.9 Å². The lowest BCUT2D eigenvalue weighted by molar-refractivity contribution is 0.264. The van der Waals surface area contributed by atoms with E-state index in [-0.39, 0.29) is 6.61 Å². The maximum Gasteiger partial charge on any atom is 0.254 e. The van der Waals surface area contributed by atoms with E-state index in [0.29, 0.717) is 11.8 Å². The van der Waals surface area contributed by atoms with Gasteiger partial charge in [-0.2, -0.15) is 0 Å². The molecular weight excluding hydrogens is 292 g/mol. The van der Waals surface area contributed by atoms with Crippen molar-refractivity contribution in [2.75, 3.05) is 7.11 Å². The molecule has 3 aromatic rings. The molecule has 0 saturated carbocycles. The summed E-state index contributed by atoms with van der Waals surface area (Å²) in [6, 6.07) is 13.4. The summed E-state index contributed by atoms with van der Waals surface area (Å²) >= 11 is 0. The van der Waals surface area contributed by atoms with Gasteiger partial charge in [0, 0.05) is 5.56 Å². The topological polar surface area (TPSA) is 57.4 Å². The Hall–Kier alpha value is -2.82. The minimum Gasteiger partial charge on any atom is -0.497 e. The summed E-state index contributed by atoms with van der Waals surface area (Å²) in [5.74, 6) is 2.48. The van der Waals surface area contributed by atoms with Crippen molar-refractivity contribution in [2.24, 2.45) is 0 Å². The van der Waals surface area contributed by atoms with Crippen LogP contribution < -0.4 is 9.47 Å². The summed E-state index contributed by atoms with van der Waals surface area (Å²) in [6.07, 6.45) is 0. The zero-order chi connectivity index (χ0) is 16.2. The molecule has 0 N–H and O–H groups in total. The van der Waals surface area contributed by atoms with Crippen molar-refractivity contribution >= 4 is 0 Å². The average molecular weight is 310 g/mol. The highest BCUT2D eigenvalue weighted by Gasteiger charge is 2.09. The first-order valence-corrected chi connectivity index (χ1v) is 7.32. The van der Waals surface area contributed by atoms with E-state index in [2.05, 4.69) is 24.0 Å². The summed E-state index contributed by atoms with van der Waals surface area (Å²) in [7, 11) is 1.63. The lowest BCUT2D eigenvalue weighted by Crippen LogP contribution is -1.96. The maximum atomic E-state index is 5.70. The van der Waals surface area contributed by atoms with Gasteiger partial charge in [0.2, 0.25) is 5.89 Å². The second-order valence-corrected chi connectivity index (χ2v) is 5.26. The van der Waals surface area contributed by atoms with Gasteiger partial charge >= 0.3 is 0 Å². The third-order valence-electron chi connectivity index (χ3n) is 3.64. The minimum absolute atomic E-state index is 0.242. The number of rotatable bonds is 5. The number of ether oxygens (including phenoxy) is 2. The molecule has 0 aliphatic carbocycles. The summed E-state index contributed by atoms with van der Waals surface area (Å²) in [5.41, 5.74) is 3.26.